The lowest BCUT2D eigenvalue weighted by molar-refractivity contribution is -0.142. The van der Waals surface area contributed by atoms with Gasteiger partial charge in [0, 0.05) is 61.8 Å². The van der Waals surface area contributed by atoms with E-state index in [0.717, 1.165) is 42.5 Å². The second-order valence-corrected chi connectivity index (χ2v) is 19.9. The molecule has 0 radical (unpaired) electrons. The monoisotopic (exact) mass is 880 g/mol. The molecule has 2 fully saturated rings. The molecule has 0 aromatic rings. The zero-order valence-corrected chi connectivity index (χ0v) is 39.2. The number of aliphatic carboxylic acids is 2. The predicted octanol–water partition coefficient (Wildman–Crippen LogP) is 2.62. The fraction of sp³-hybridized carbons (Fsp3) is 0.767. The fourth-order valence-electron chi connectivity index (χ4n) is 8.22. The summed E-state index contributed by atoms with van der Waals surface area (Å²) in [5, 5.41) is 29.4. The second-order valence-electron chi connectivity index (χ2n) is 18.6. The molecule has 6 atom stereocenters. The number of carbonyl (C=O) groups excluding carboxylic acids is 6. The van der Waals surface area contributed by atoms with Crippen LogP contribution in [-0.4, -0.2) is 153 Å². The Morgan fingerprint density at radius 1 is 0.951 bits per heavy atom. The first-order valence-corrected chi connectivity index (χ1v) is 22.5. The van der Waals surface area contributed by atoms with Crippen LogP contribution >= 0.6 is 11.8 Å². The number of rotatable bonds is 23. The van der Waals surface area contributed by atoms with Gasteiger partial charge in [-0.2, -0.15) is 0 Å². The molecule has 17 nitrogen and oxygen atoms in total. The van der Waals surface area contributed by atoms with E-state index in [2.05, 4.69) is 53.9 Å². The minimum Gasteiger partial charge on any atom is -0.481 e. The molecule has 2 unspecified atom stereocenters. The molecular formula is C43H73N7O10S. The highest BCUT2D eigenvalue weighted by molar-refractivity contribution is 8.00. The zero-order valence-electron chi connectivity index (χ0n) is 38.4. The molecule has 2 aliphatic heterocycles. The lowest BCUT2D eigenvalue weighted by Gasteiger charge is -2.50. The Balaban J connectivity index is 2.10. The van der Waals surface area contributed by atoms with Crippen LogP contribution in [0.5, 0.6) is 0 Å². The van der Waals surface area contributed by atoms with Gasteiger partial charge in [-0.15, -0.1) is 11.8 Å². The van der Waals surface area contributed by atoms with Crippen LogP contribution in [0.25, 0.3) is 0 Å². The van der Waals surface area contributed by atoms with Crippen molar-refractivity contribution >= 4 is 59.1 Å². The van der Waals surface area contributed by atoms with Crippen LogP contribution in [0, 0.1) is 16.7 Å². The molecule has 0 saturated carbocycles. The Morgan fingerprint density at radius 3 is 2.13 bits per heavy atom. The van der Waals surface area contributed by atoms with Gasteiger partial charge in [0.1, 0.15) is 12.1 Å². The summed E-state index contributed by atoms with van der Waals surface area (Å²) in [6.45, 7) is 20.3. The van der Waals surface area contributed by atoms with Gasteiger partial charge in [-0.25, -0.2) is 4.79 Å². The third kappa shape index (κ3) is 15.1. The third-order valence-corrected chi connectivity index (χ3v) is 13.0. The molecule has 0 aromatic heterocycles. The second kappa shape index (κ2) is 23.4. The Morgan fingerprint density at radius 2 is 1.59 bits per heavy atom. The SMILES string of the molecule is CN[C@H](C(=O)N[C@H](C(=O)N(C)[C@H](/C=C(\C)C(=O)N[C@H](CCC(=O)NCCN1C(=O)CC(SCCC(=O)O)C1=O)C(=O)O)C(C)C)C(C)(C)C)C(C)(C)C1CCCCN1C(C)C. The minimum atomic E-state index is -1.42. The van der Waals surface area contributed by atoms with E-state index in [0.29, 0.717) is 6.04 Å². The standard InChI is InChI=1S/C43H73N7O10S/c1-25(2)29(48(12)40(58)36(42(6,7)8)47-38(56)35(44-11)43(9,10)31-15-13-14-20-49(31)26(3)4)23-27(5)37(55)46-28(41(59)60)16-17-32(51)45-19-21-50-33(52)24-30(39(50)57)61-22-18-34(53)54/h23,25-26,28-31,35-36,44H,13-22,24H2,1-12H3,(H,45,51)(H,46,55)(H,47,56)(H,53,54)(H,59,60)/b27-23+/t28-,29-,30?,31?,35-,36-/m1/s1. The number of carboxylic acid groups (broad SMARTS) is 2. The highest BCUT2D eigenvalue weighted by atomic mass is 32.2. The number of hydrogen-bond donors (Lipinski definition) is 6. The Kier molecular flexibility index (Phi) is 20.4. The van der Waals surface area contributed by atoms with Gasteiger partial charge >= 0.3 is 11.9 Å². The molecule has 0 spiro atoms. The summed E-state index contributed by atoms with van der Waals surface area (Å²) >= 11 is 1.10. The lowest BCUT2D eigenvalue weighted by atomic mass is 9.72. The van der Waals surface area contributed by atoms with Crippen molar-refractivity contribution in [3.8, 4) is 0 Å². The van der Waals surface area contributed by atoms with Gasteiger partial charge in [0.15, 0.2) is 0 Å². The largest absolute Gasteiger partial charge is 0.481 e. The number of nitrogens with zero attached hydrogens (tertiary/aromatic N) is 3. The molecule has 2 saturated heterocycles. The maximum absolute atomic E-state index is 14.4. The molecular weight excluding hydrogens is 807 g/mol. The van der Waals surface area contributed by atoms with E-state index in [9.17, 15) is 43.5 Å². The van der Waals surface area contributed by atoms with E-state index < -0.39 is 75.8 Å². The highest BCUT2D eigenvalue weighted by Crippen LogP contribution is 2.37. The average molecular weight is 880 g/mol. The van der Waals surface area contributed by atoms with Crippen LogP contribution in [0.1, 0.15) is 114 Å². The maximum Gasteiger partial charge on any atom is 0.326 e. The molecule has 18 heteroatoms. The number of carbonyl (C=O) groups is 8. The maximum atomic E-state index is 14.4. The Hall–Kier alpha value is -4.03. The van der Waals surface area contributed by atoms with Gasteiger partial charge in [0.2, 0.25) is 35.4 Å². The fourth-order valence-corrected chi connectivity index (χ4v) is 9.33. The summed E-state index contributed by atoms with van der Waals surface area (Å²) in [5.74, 6) is -5.10. The van der Waals surface area contributed by atoms with Gasteiger partial charge in [0.25, 0.3) is 0 Å². The van der Waals surface area contributed by atoms with Crippen molar-refractivity contribution < 1.29 is 48.6 Å². The van der Waals surface area contributed by atoms with Gasteiger partial charge < -0.3 is 36.4 Å². The molecule has 0 aromatic carbocycles. The van der Waals surface area contributed by atoms with Crippen molar-refractivity contribution in [1.29, 1.82) is 0 Å². The van der Waals surface area contributed by atoms with Crippen LogP contribution < -0.4 is 21.3 Å². The van der Waals surface area contributed by atoms with Crippen LogP contribution in [0.4, 0.5) is 0 Å². The van der Waals surface area contributed by atoms with Gasteiger partial charge in [-0.3, -0.25) is 43.4 Å². The van der Waals surface area contributed by atoms with Crippen molar-refractivity contribution in [1.82, 2.24) is 36.0 Å². The summed E-state index contributed by atoms with van der Waals surface area (Å²) in [6.07, 6.45) is 4.04. The zero-order chi connectivity index (χ0) is 46.6. The highest BCUT2D eigenvalue weighted by Gasteiger charge is 2.47. The topological polar surface area (TPSA) is 235 Å². The van der Waals surface area contributed by atoms with E-state index in [4.69, 9.17) is 5.11 Å². The van der Waals surface area contributed by atoms with Gasteiger partial charge in [-0.05, 0) is 65.0 Å². The first-order chi connectivity index (χ1) is 28.3. The van der Waals surface area contributed by atoms with Crippen molar-refractivity contribution in [2.24, 2.45) is 16.7 Å². The smallest absolute Gasteiger partial charge is 0.326 e. The van der Waals surface area contributed by atoms with E-state index >= 15 is 0 Å². The first-order valence-electron chi connectivity index (χ1n) is 21.4. The van der Waals surface area contributed by atoms with Crippen molar-refractivity contribution in [2.45, 2.75) is 156 Å². The Bertz CT molecular complexity index is 1630. The summed E-state index contributed by atoms with van der Waals surface area (Å²) in [5.41, 5.74) is -1.00. The van der Waals surface area contributed by atoms with Crippen LogP contribution in [-0.2, 0) is 38.4 Å². The lowest BCUT2D eigenvalue weighted by Crippen LogP contribution is -2.64. The predicted molar refractivity (Wildman–Crippen MR) is 234 cm³/mol. The van der Waals surface area contributed by atoms with Crippen molar-refractivity contribution in [3.05, 3.63) is 11.6 Å². The molecule has 2 rings (SSSR count). The van der Waals surface area contributed by atoms with E-state index in [1.54, 1.807) is 20.2 Å². The van der Waals surface area contributed by atoms with Crippen molar-refractivity contribution in [3.63, 3.8) is 0 Å². The molecule has 346 valence electrons. The number of imide groups is 1. The third-order valence-electron chi connectivity index (χ3n) is 11.8. The number of carboxylic acids is 2. The number of thioether (sulfide) groups is 1. The molecule has 6 N–H and O–H groups in total. The molecule has 2 aliphatic rings. The van der Waals surface area contributed by atoms with Crippen molar-refractivity contribution in [2.75, 3.05) is 39.5 Å². The summed E-state index contributed by atoms with van der Waals surface area (Å²) < 4.78 is 0. The number of hydrogen-bond acceptors (Lipinski definition) is 11. The summed E-state index contributed by atoms with van der Waals surface area (Å²) in [6, 6.07) is -3.07. The normalized spacial score (nSPS) is 20.0. The van der Waals surface area contributed by atoms with Gasteiger partial charge in [0.05, 0.1) is 23.8 Å². The number of nitrogens with one attached hydrogen (secondary N) is 4. The average Bonchev–Trinajstić information content (AvgIpc) is 3.43. The molecule has 2 heterocycles. The van der Waals surface area contributed by atoms with Crippen LogP contribution in [0.2, 0.25) is 0 Å². The van der Waals surface area contributed by atoms with Crippen LogP contribution in [0.3, 0.4) is 0 Å². The van der Waals surface area contributed by atoms with E-state index in [1.807, 2.05) is 34.6 Å². The molecule has 61 heavy (non-hydrogen) atoms. The summed E-state index contributed by atoms with van der Waals surface area (Å²) in [4.78, 5) is 107. The minimum absolute atomic E-state index is 0.0563. The number of piperidine rings is 1. The number of likely N-dealkylation sites (tertiary alicyclic amines) is 2. The Labute approximate surface area is 366 Å². The first kappa shape index (κ1) is 53.1. The number of likely N-dealkylation sites (N-methyl/N-ethyl adjacent to an activating group) is 2. The van der Waals surface area contributed by atoms with E-state index in [-0.39, 0.29) is 73.9 Å². The van der Waals surface area contributed by atoms with E-state index in [1.165, 1.54) is 11.8 Å². The molecule has 0 bridgehead atoms. The quantitative estimate of drug-likeness (QED) is 0.0641. The number of amides is 6. The van der Waals surface area contributed by atoms with Crippen LogP contribution in [0.15, 0.2) is 11.6 Å². The molecule has 0 aliphatic carbocycles. The van der Waals surface area contributed by atoms with Gasteiger partial charge in [-0.1, -0.05) is 61.0 Å². The molecule has 6 amide bonds. The summed E-state index contributed by atoms with van der Waals surface area (Å²) in [7, 11) is 3.39.